The van der Waals surface area contributed by atoms with Gasteiger partial charge in [-0.2, -0.15) is 0 Å². The zero-order valence-corrected chi connectivity index (χ0v) is 16.0. The molecule has 2 rings (SSSR count). The van der Waals surface area contributed by atoms with Gasteiger partial charge in [0.05, 0.1) is 18.9 Å². The SMILES string of the molecule is CC#CCOc1cnc(C(=O)Nc2cccc(CN=C(N)SCC)c2)cn1. The van der Waals surface area contributed by atoms with Gasteiger partial charge in [-0.25, -0.2) is 9.97 Å². The van der Waals surface area contributed by atoms with Crippen molar-refractivity contribution in [2.75, 3.05) is 17.7 Å². The Morgan fingerprint density at radius 3 is 2.93 bits per heavy atom. The molecule has 0 unspecified atom stereocenters. The summed E-state index contributed by atoms with van der Waals surface area (Å²) in [4.78, 5) is 24.7. The number of amides is 1. The first-order valence-electron chi connectivity index (χ1n) is 8.29. The number of benzene rings is 1. The van der Waals surface area contributed by atoms with E-state index in [0.717, 1.165) is 11.3 Å². The van der Waals surface area contributed by atoms with Crippen LogP contribution in [0.2, 0.25) is 0 Å². The van der Waals surface area contributed by atoms with E-state index in [9.17, 15) is 4.79 Å². The van der Waals surface area contributed by atoms with Crippen molar-refractivity contribution < 1.29 is 9.53 Å². The molecule has 0 atom stereocenters. The van der Waals surface area contributed by atoms with Gasteiger partial charge in [0.2, 0.25) is 5.88 Å². The van der Waals surface area contributed by atoms with Crippen LogP contribution < -0.4 is 15.8 Å². The fourth-order valence-electron chi connectivity index (χ4n) is 2.00. The Balaban J connectivity index is 1.97. The van der Waals surface area contributed by atoms with Crippen LogP contribution in [0.1, 0.15) is 29.9 Å². The zero-order valence-electron chi connectivity index (χ0n) is 15.2. The summed E-state index contributed by atoms with van der Waals surface area (Å²) >= 11 is 1.49. The lowest BCUT2D eigenvalue weighted by molar-refractivity contribution is 0.102. The van der Waals surface area contributed by atoms with Crippen molar-refractivity contribution in [2.24, 2.45) is 10.7 Å². The minimum atomic E-state index is -0.357. The molecule has 2 aromatic rings. The summed E-state index contributed by atoms with van der Waals surface area (Å²) in [6.07, 6.45) is 2.76. The van der Waals surface area contributed by atoms with Crippen molar-refractivity contribution in [2.45, 2.75) is 20.4 Å². The molecule has 27 heavy (non-hydrogen) atoms. The Bertz CT molecular complexity index is 856. The first-order chi connectivity index (χ1) is 13.1. The molecule has 1 aromatic heterocycles. The molecule has 8 heteroatoms. The van der Waals surface area contributed by atoms with Gasteiger partial charge in [0.1, 0.15) is 5.69 Å². The fraction of sp³-hybridized carbons (Fsp3) is 0.263. The fourth-order valence-corrected chi connectivity index (χ4v) is 2.45. The van der Waals surface area contributed by atoms with E-state index in [-0.39, 0.29) is 18.2 Å². The van der Waals surface area contributed by atoms with Crippen LogP contribution in [0.5, 0.6) is 5.88 Å². The average Bonchev–Trinajstić information content (AvgIpc) is 2.68. The van der Waals surface area contributed by atoms with Crippen LogP contribution in [-0.2, 0) is 6.54 Å². The number of hydrogen-bond donors (Lipinski definition) is 2. The van der Waals surface area contributed by atoms with Crippen LogP contribution in [0.25, 0.3) is 0 Å². The third-order valence-corrected chi connectivity index (χ3v) is 3.94. The van der Waals surface area contributed by atoms with E-state index in [2.05, 4.69) is 32.1 Å². The first kappa shape index (κ1) is 20.3. The van der Waals surface area contributed by atoms with Crippen molar-refractivity contribution in [3.8, 4) is 17.7 Å². The number of rotatable bonds is 7. The summed E-state index contributed by atoms with van der Waals surface area (Å²) < 4.78 is 5.28. The molecular weight excluding hydrogens is 362 g/mol. The molecule has 0 spiro atoms. The molecule has 140 valence electrons. The quantitative estimate of drug-likeness (QED) is 0.433. The number of nitrogens with one attached hydrogen (secondary N) is 1. The van der Waals surface area contributed by atoms with Crippen molar-refractivity contribution >= 4 is 28.5 Å². The molecule has 1 heterocycles. The molecule has 0 saturated heterocycles. The van der Waals surface area contributed by atoms with Gasteiger partial charge in [0, 0.05) is 5.69 Å². The molecule has 0 aliphatic heterocycles. The van der Waals surface area contributed by atoms with Crippen LogP contribution in [0.4, 0.5) is 5.69 Å². The lowest BCUT2D eigenvalue weighted by Gasteiger charge is -2.07. The topological polar surface area (TPSA) is 102 Å². The number of amidine groups is 1. The minimum absolute atomic E-state index is 0.191. The van der Waals surface area contributed by atoms with E-state index in [1.165, 1.54) is 24.2 Å². The van der Waals surface area contributed by atoms with Crippen LogP contribution >= 0.6 is 11.8 Å². The van der Waals surface area contributed by atoms with Crippen LogP contribution in [0.15, 0.2) is 41.7 Å². The van der Waals surface area contributed by atoms with Gasteiger partial charge in [-0.15, -0.1) is 5.92 Å². The van der Waals surface area contributed by atoms with Crippen molar-refractivity contribution in [1.82, 2.24) is 9.97 Å². The summed E-state index contributed by atoms with van der Waals surface area (Å²) in [6, 6.07) is 7.42. The Labute approximate surface area is 162 Å². The number of ether oxygens (including phenoxy) is 1. The molecular formula is C19H21N5O2S. The maximum absolute atomic E-state index is 12.3. The molecule has 3 N–H and O–H groups in total. The van der Waals surface area contributed by atoms with Gasteiger partial charge >= 0.3 is 0 Å². The average molecular weight is 383 g/mol. The van der Waals surface area contributed by atoms with E-state index >= 15 is 0 Å². The predicted octanol–water partition coefficient (Wildman–Crippen LogP) is 2.70. The maximum Gasteiger partial charge on any atom is 0.275 e. The molecule has 0 bridgehead atoms. The monoisotopic (exact) mass is 383 g/mol. The number of anilines is 1. The molecule has 0 aliphatic rings. The molecule has 0 saturated carbocycles. The standard InChI is InChI=1S/C19H21N5O2S/c1-3-5-9-26-17-13-21-16(12-22-17)18(25)24-15-8-6-7-14(10-15)11-23-19(20)27-4-2/h6-8,10,12-13H,4,9,11H2,1-2H3,(H2,20,23)(H,24,25). The Morgan fingerprint density at radius 2 is 2.22 bits per heavy atom. The van der Waals surface area contributed by atoms with Crippen molar-refractivity contribution in [3.05, 3.63) is 47.9 Å². The van der Waals surface area contributed by atoms with Gasteiger partial charge in [-0.05, 0) is 30.4 Å². The number of nitrogens with two attached hydrogens (primary N) is 1. The Morgan fingerprint density at radius 1 is 1.37 bits per heavy atom. The number of hydrogen-bond acceptors (Lipinski definition) is 6. The third kappa shape index (κ3) is 6.99. The van der Waals surface area contributed by atoms with Gasteiger partial charge in [-0.3, -0.25) is 9.79 Å². The second kappa shape index (κ2) is 10.8. The highest BCUT2D eigenvalue weighted by atomic mass is 32.2. The number of aromatic nitrogens is 2. The molecule has 7 nitrogen and oxygen atoms in total. The summed E-state index contributed by atoms with van der Waals surface area (Å²) in [6.45, 7) is 4.43. The summed E-state index contributed by atoms with van der Waals surface area (Å²) in [5.74, 6) is 6.31. The summed E-state index contributed by atoms with van der Waals surface area (Å²) in [5.41, 5.74) is 7.57. The number of thioether (sulfide) groups is 1. The molecule has 0 radical (unpaired) electrons. The summed E-state index contributed by atoms with van der Waals surface area (Å²) in [7, 11) is 0. The number of aliphatic imine (C=N–C) groups is 1. The van der Waals surface area contributed by atoms with E-state index in [4.69, 9.17) is 10.5 Å². The minimum Gasteiger partial charge on any atom is -0.463 e. The molecule has 0 aliphatic carbocycles. The Kier molecular flexibility index (Phi) is 8.13. The van der Waals surface area contributed by atoms with E-state index in [0.29, 0.717) is 23.3 Å². The second-order valence-electron chi connectivity index (χ2n) is 5.20. The van der Waals surface area contributed by atoms with Crippen LogP contribution in [0, 0.1) is 11.8 Å². The van der Waals surface area contributed by atoms with E-state index < -0.39 is 0 Å². The van der Waals surface area contributed by atoms with Crippen molar-refractivity contribution in [3.63, 3.8) is 0 Å². The highest BCUT2D eigenvalue weighted by molar-refractivity contribution is 8.13. The molecule has 0 fully saturated rings. The maximum atomic E-state index is 12.3. The number of nitrogens with zero attached hydrogens (tertiary/aromatic N) is 3. The third-order valence-electron chi connectivity index (χ3n) is 3.22. The van der Waals surface area contributed by atoms with E-state index in [1.807, 2.05) is 25.1 Å². The zero-order chi connectivity index (χ0) is 19.5. The largest absolute Gasteiger partial charge is 0.463 e. The van der Waals surface area contributed by atoms with Crippen molar-refractivity contribution in [1.29, 1.82) is 0 Å². The highest BCUT2D eigenvalue weighted by Crippen LogP contribution is 2.14. The van der Waals surface area contributed by atoms with Gasteiger partial charge < -0.3 is 15.8 Å². The second-order valence-corrected chi connectivity index (χ2v) is 6.48. The number of carbonyl (C=O) groups excluding carboxylic acids is 1. The lowest BCUT2D eigenvalue weighted by atomic mass is 10.2. The van der Waals surface area contributed by atoms with Crippen LogP contribution in [-0.4, -0.2) is 33.4 Å². The van der Waals surface area contributed by atoms with Gasteiger partial charge in [0.25, 0.3) is 5.91 Å². The smallest absolute Gasteiger partial charge is 0.275 e. The van der Waals surface area contributed by atoms with Crippen LogP contribution in [0.3, 0.4) is 0 Å². The Hall–Kier alpha value is -3.05. The highest BCUT2D eigenvalue weighted by Gasteiger charge is 2.09. The van der Waals surface area contributed by atoms with E-state index in [1.54, 1.807) is 13.0 Å². The lowest BCUT2D eigenvalue weighted by Crippen LogP contribution is -2.14. The normalized spacial score (nSPS) is 10.7. The molecule has 1 amide bonds. The predicted molar refractivity (Wildman–Crippen MR) is 109 cm³/mol. The van der Waals surface area contributed by atoms with Gasteiger partial charge in [0.15, 0.2) is 11.8 Å². The number of carbonyl (C=O) groups is 1. The summed E-state index contributed by atoms with van der Waals surface area (Å²) in [5, 5.41) is 3.34. The van der Waals surface area contributed by atoms with Gasteiger partial charge in [-0.1, -0.05) is 36.7 Å². The first-order valence-corrected chi connectivity index (χ1v) is 9.28. The molecule has 1 aromatic carbocycles.